The van der Waals surface area contributed by atoms with Gasteiger partial charge < -0.3 is 10.6 Å². The highest BCUT2D eigenvalue weighted by Crippen LogP contribution is 2.27. The van der Waals surface area contributed by atoms with Gasteiger partial charge in [0.05, 0.1) is 6.20 Å². The Hall–Kier alpha value is -2.77. The first kappa shape index (κ1) is 13.2. The first-order chi connectivity index (χ1) is 10.2. The molecule has 1 amide bonds. The van der Waals surface area contributed by atoms with Crippen molar-refractivity contribution >= 4 is 23.1 Å². The Morgan fingerprint density at radius 1 is 1.38 bits per heavy atom. The summed E-state index contributed by atoms with van der Waals surface area (Å²) in [5, 5.41) is 9.39. The maximum atomic E-state index is 12.9. The van der Waals surface area contributed by atoms with Crippen molar-refractivity contribution in [3.63, 3.8) is 0 Å². The van der Waals surface area contributed by atoms with E-state index in [2.05, 4.69) is 20.7 Å². The van der Waals surface area contributed by atoms with Crippen LogP contribution in [0.2, 0.25) is 0 Å². The summed E-state index contributed by atoms with van der Waals surface area (Å²) < 4.78 is 26.8. The van der Waals surface area contributed by atoms with Gasteiger partial charge in [-0.25, -0.2) is 13.5 Å². The van der Waals surface area contributed by atoms with Crippen LogP contribution >= 0.6 is 0 Å². The highest BCUT2D eigenvalue weighted by molar-refractivity contribution is 6.07. The minimum Gasteiger partial charge on any atom is -0.366 e. The van der Waals surface area contributed by atoms with Crippen molar-refractivity contribution in [3.8, 4) is 0 Å². The molecule has 2 aromatic heterocycles. The van der Waals surface area contributed by atoms with Crippen molar-refractivity contribution in [1.82, 2.24) is 14.8 Å². The molecule has 3 heterocycles. The number of allylic oxidation sites excluding steroid dienone is 1. The lowest BCUT2D eigenvalue weighted by Crippen LogP contribution is -2.21. The van der Waals surface area contributed by atoms with E-state index in [0.29, 0.717) is 5.69 Å². The smallest absolute Gasteiger partial charge is 0.280 e. The Bertz CT molecular complexity index is 696. The first-order valence-electron chi connectivity index (χ1n) is 6.18. The average molecular weight is 291 g/mol. The highest BCUT2D eigenvalue weighted by Gasteiger charge is 2.25. The number of hydrogen-bond donors (Lipinski definition) is 2. The number of fused-ring (bicyclic) bond motifs is 1. The van der Waals surface area contributed by atoms with E-state index in [9.17, 15) is 13.6 Å². The summed E-state index contributed by atoms with van der Waals surface area (Å²) in [5.41, 5.74) is 0.542. The van der Waals surface area contributed by atoms with Gasteiger partial charge in [-0.1, -0.05) is 0 Å². The zero-order valence-corrected chi connectivity index (χ0v) is 10.8. The number of nitrogens with one attached hydrogen (secondary N) is 2. The molecule has 0 saturated carbocycles. The third-order valence-electron chi connectivity index (χ3n) is 3.00. The molecule has 0 atom stereocenters. The SMILES string of the molecule is O=C(Nc1ccncc1)c1cnn2c1NCC=C2C(F)F. The number of amides is 1. The predicted octanol–water partition coefficient (Wildman–Crippen LogP) is 2.06. The van der Waals surface area contributed by atoms with Crippen LogP contribution in [0.15, 0.2) is 36.8 Å². The van der Waals surface area contributed by atoms with Gasteiger partial charge in [0.25, 0.3) is 12.3 Å². The number of carbonyl (C=O) groups is 1. The largest absolute Gasteiger partial charge is 0.366 e. The number of halogens is 2. The van der Waals surface area contributed by atoms with E-state index in [1.54, 1.807) is 24.5 Å². The van der Waals surface area contributed by atoms with Gasteiger partial charge in [-0.3, -0.25) is 9.78 Å². The minimum atomic E-state index is -2.65. The van der Waals surface area contributed by atoms with Crippen LogP contribution < -0.4 is 10.6 Å². The number of pyridine rings is 1. The van der Waals surface area contributed by atoms with Gasteiger partial charge in [-0.2, -0.15) is 5.10 Å². The molecule has 3 rings (SSSR count). The fourth-order valence-electron chi connectivity index (χ4n) is 2.03. The molecule has 1 aliphatic rings. The predicted molar refractivity (Wildman–Crippen MR) is 73.2 cm³/mol. The van der Waals surface area contributed by atoms with Gasteiger partial charge in [-0.05, 0) is 18.2 Å². The monoisotopic (exact) mass is 291 g/mol. The summed E-state index contributed by atoms with van der Waals surface area (Å²) in [6, 6.07) is 3.26. The Morgan fingerprint density at radius 3 is 2.86 bits per heavy atom. The molecule has 2 aromatic rings. The standard InChI is InChI=1S/C13H11F2N5O/c14-11(15)10-3-6-17-12-9(7-18-20(10)12)13(21)19-8-1-4-16-5-2-8/h1-5,7,11,17H,6H2,(H,16,19,21). The van der Waals surface area contributed by atoms with Gasteiger partial charge in [-0.15, -0.1) is 0 Å². The van der Waals surface area contributed by atoms with Crippen molar-refractivity contribution in [2.45, 2.75) is 6.43 Å². The Kier molecular flexibility index (Phi) is 3.35. The van der Waals surface area contributed by atoms with E-state index in [0.717, 1.165) is 4.68 Å². The number of carbonyl (C=O) groups excluding carboxylic acids is 1. The number of anilines is 2. The van der Waals surface area contributed by atoms with Crippen LogP contribution in [0.3, 0.4) is 0 Å². The summed E-state index contributed by atoms with van der Waals surface area (Å²) in [5.74, 6) is -0.162. The number of alkyl halides is 2. The fourth-order valence-corrected chi connectivity index (χ4v) is 2.03. The molecule has 8 heteroatoms. The molecule has 2 N–H and O–H groups in total. The fraction of sp³-hybridized carbons (Fsp3) is 0.154. The van der Waals surface area contributed by atoms with Gasteiger partial charge in [0.15, 0.2) is 0 Å². The van der Waals surface area contributed by atoms with E-state index in [1.807, 2.05) is 0 Å². The molecule has 0 spiro atoms. The highest BCUT2D eigenvalue weighted by atomic mass is 19.3. The van der Waals surface area contributed by atoms with Gasteiger partial charge >= 0.3 is 0 Å². The maximum Gasteiger partial charge on any atom is 0.280 e. The molecule has 0 aromatic carbocycles. The Labute approximate surface area is 118 Å². The molecule has 1 aliphatic heterocycles. The van der Waals surface area contributed by atoms with E-state index in [-0.39, 0.29) is 23.6 Å². The van der Waals surface area contributed by atoms with Crippen LogP contribution in [0.25, 0.3) is 5.70 Å². The van der Waals surface area contributed by atoms with Crippen molar-refractivity contribution in [1.29, 1.82) is 0 Å². The minimum absolute atomic E-state index is 0.207. The molecular formula is C13H11F2N5O. The number of aromatic nitrogens is 3. The van der Waals surface area contributed by atoms with Crippen LogP contribution in [-0.2, 0) is 0 Å². The molecule has 0 bridgehead atoms. The number of rotatable bonds is 3. The quantitative estimate of drug-likeness (QED) is 0.908. The van der Waals surface area contributed by atoms with Gasteiger partial charge in [0.1, 0.15) is 17.1 Å². The molecule has 6 nitrogen and oxygen atoms in total. The van der Waals surface area contributed by atoms with Crippen LogP contribution in [0, 0.1) is 0 Å². The summed E-state index contributed by atoms with van der Waals surface area (Å²) in [6.45, 7) is 0.223. The van der Waals surface area contributed by atoms with Crippen molar-refractivity contribution in [2.75, 3.05) is 17.2 Å². The second-order valence-corrected chi connectivity index (χ2v) is 4.32. The zero-order chi connectivity index (χ0) is 14.8. The molecule has 21 heavy (non-hydrogen) atoms. The Balaban J connectivity index is 1.88. The van der Waals surface area contributed by atoms with E-state index in [1.165, 1.54) is 12.3 Å². The summed E-state index contributed by atoms with van der Waals surface area (Å²) in [4.78, 5) is 16.0. The maximum absolute atomic E-state index is 12.9. The lowest BCUT2D eigenvalue weighted by molar-refractivity contribution is 0.102. The third-order valence-corrected chi connectivity index (χ3v) is 3.00. The molecule has 0 aliphatic carbocycles. The van der Waals surface area contributed by atoms with Gasteiger partial charge in [0, 0.05) is 24.6 Å². The second kappa shape index (κ2) is 5.31. The number of hydrogen-bond acceptors (Lipinski definition) is 4. The molecule has 0 radical (unpaired) electrons. The third kappa shape index (κ3) is 2.47. The van der Waals surface area contributed by atoms with Gasteiger partial charge in [0.2, 0.25) is 0 Å². The van der Waals surface area contributed by atoms with Crippen molar-refractivity contribution < 1.29 is 13.6 Å². The normalized spacial score (nSPS) is 13.4. The first-order valence-corrected chi connectivity index (χ1v) is 6.18. The average Bonchev–Trinajstić information content (AvgIpc) is 2.92. The second-order valence-electron chi connectivity index (χ2n) is 4.32. The van der Waals surface area contributed by atoms with Crippen LogP contribution in [0.5, 0.6) is 0 Å². The summed E-state index contributed by atoms with van der Waals surface area (Å²) in [7, 11) is 0. The number of nitrogens with zero attached hydrogens (tertiary/aromatic N) is 3. The van der Waals surface area contributed by atoms with Crippen molar-refractivity contribution in [3.05, 3.63) is 42.4 Å². The summed E-state index contributed by atoms with van der Waals surface area (Å²) in [6.07, 6.45) is 3.04. The van der Waals surface area contributed by atoms with Crippen LogP contribution in [-0.4, -0.2) is 33.6 Å². The Morgan fingerprint density at radius 2 is 2.14 bits per heavy atom. The van der Waals surface area contributed by atoms with Crippen LogP contribution in [0.1, 0.15) is 10.4 Å². The lowest BCUT2D eigenvalue weighted by Gasteiger charge is -2.17. The van der Waals surface area contributed by atoms with Crippen molar-refractivity contribution in [2.24, 2.45) is 0 Å². The molecule has 0 fully saturated rings. The van der Waals surface area contributed by atoms with E-state index in [4.69, 9.17) is 0 Å². The summed E-state index contributed by atoms with van der Waals surface area (Å²) >= 11 is 0. The molecular weight excluding hydrogens is 280 g/mol. The zero-order valence-electron chi connectivity index (χ0n) is 10.8. The topological polar surface area (TPSA) is 71.8 Å². The van der Waals surface area contributed by atoms with Crippen LogP contribution in [0.4, 0.5) is 20.3 Å². The van der Waals surface area contributed by atoms with E-state index >= 15 is 0 Å². The molecule has 0 saturated heterocycles. The molecule has 0 unspecified atom stereocenters. The van der Waals surface area contributed by atoms with E-state index < -0.39 is 12.3 Å². The lowest BCUT2D eigenvalue weighted by atomic mass is 10.2. The molecule has 108 valence electrons.